The highest BCUT2D eigenvalue weighted by molar-refractivity contribution is 5.85. The van der Waals surface area contributed by atoms with E-state index < -0.39 is 18.6 Å². The lowest BCUT2D eigenvalue weighted by atomic mass is 10.1. The topological polar surface area (TPSA) is 28.4 Å². The molecule has 1 atom stereocenters. The van der Waals surface area contributed by atoms with E-state index in [9.17, 15) is 13.2 Å². The first-order chi connectivity index (χ1) is 8.99. The molecule has 21 heavy (non-hydrogen) atoms. The van der Waals surface area contributed by atoms with Gasteiger partial charge in [0.1, 0.15) is 11.5 Å². The van der Waals surface area contributed by atoms with Gasteiger partial charge in [0.05, 0.1) is 12.5 Å². The summed E-state index contributed by atoms with van der Waals surface area (Å²) in [5.41, 5.74) is 0. The molecule has 1 aromatic rings. The molecule has 1 saturated heterocycles. The first kappa shape index (κ1) is 20.6. The van der Waals surface area contributed by atoms with Gasteiger partial charge in [-0.05, 0) is 12.1 Å². The van der Waals surface area contributed by atoms with E-state index in [0.717, 1.165) is 18.8 Å². The van der Waals surface area contributed by atoms with E-state index in [1.54, 1.807) is 12.1 Å². The standard InChI is InChI=1S/C13H19F3N2O.2ClH/c1-2-10-3-4-12(19-10)11(9-13(14,15)16)18-7-5-17-6-8-18;;/h3-4,11,17H,2,5-9H2,1H3;2*1H/t11-;;/m1../s1. The molecule has 1 aliphatic heterocycles. The fourth-order valence-corrected chi connectivity index (χ4v) is 2.39. The Hall–Kier alpha value is -0.430. The van der Waals surface area contributed by atoms with Crippen LogP contribution in [0.3, 0.4) is 0 Å². The minimum Gasteiger partial charge on any atom is -0.464 e. The molecule has 0 bridgehead atoms. The molecule has 0 spiro atoms. The Morgan fingerprint density at radius 2 is 1.86 bits per heavy atom. The molecule has 2 rings (SSSR count). The molecule has 0 amide bonds. The van der Waals surface area contributed by atoms with Crippen molar-refractivity contribution in [1.29, 1.82) is 0 Å². The molecule has 1 N–H and O–H groups in total. The highest BCUT2D eigenvalue weighted by Crippen LogP contribution is 2.34. The van der Waals surface area contributed by atoms with Gasteiger partial charge in [-0.25, -0.2) is 0 Å². The Kier molecular flexibility index (Phi) is 8.70. The maximum absolute atomic E-state index is 12.8. The number of nitrogens with zero attached hydrogens (tertiary/aromatic N) is 1. The van der Waals surface area contributed by atoms with Crippen LogP contribution in [-0.2, 0) is 6.42 Å². The van der Waals surface area contributed by atoms with Gasteiger partial charge >= 0.3 is 6.18 Å². The maximum Gasteiger partial charge on any atom is 0.391 e. The van der Waals surface area contributed by atoms with Crippen LogP contribution in [0.1, 0.15) is 30.9 Å². The number of halogens is 5. The highest BCUT2D eigenvalue weighted by atomic mass is 35.5. The molecule has 1 fully saturated rings. The number of hydrogen-bond acceptors (Lipinski definition) is 3. The minimum atomic E-state index is -4.19. The number of rotatable bonds is 4. The molecule has 1 aliphatic rings. The molecule has 0 unspecified atom stereocenters. The SMILES string of the molecule is CCc1ccc([C@@H](CC(F)(F)F)N2CCNCC2)o1.Cl.Cl. The van der Waals surface area contributed by atoms with Gasteiger partial charge in [0, 0.05) is 32.6 Å². The summed E-state index contributed by atoms with van der Waals surface area (Å²) < 4.78 is 43.8. The molecule has 3 nitrogen and oxygen atoms in total. The van der Waals surface area contributed by atoms with Crippen molar-refractivity contribution in [2.75, 3.05) is 26.2 Å². The number of alkyl halides is 3. The number of aryl methyl sites for hydroxylation is 1. The van der Waals surface area contributed by atoms with Crippen molar-refractivity contribution in [2.45, 2.75) is 32.0 Å². The lowest BCUT2D eigenvalue weighted by Crippen LogP contribution is -2.46. The molecule has 1 aromatic heterocycles. The van der Waals surface area contributed by atoms with Crippen LogP contribution in [-0.4, -0.2) is 37.3 Å². The smallest absolute Gasteiger partial charge is 0.391 e. The lowest BCUT2D eigenvalue weighted by molar-refractivity contribution is -0.150. The van der Waals surface area contributed by atoms with Gasteiger partial charge in [0.25, 0.3) is 0 Å². The largest absolute Gasteiger partial charge is 0.464 e. The fraction of sp³-hybridized carbons (Fsp3) is 0.692. The maximum atomic E-state index is 12.8. The van der Waals surface area contributed by atoms with E-state index in [2.05, 4.69) is 5.32 Å². The van der Waals surface area contributed by atoms with E-state index in [4.69, 9.17) is 4.42 Å². The third-order valence-corrected chi connectivity index (χ3v) is 3.38. The van der Waals surface area contributed by atoms with Crippen LogP contribution in [0.4, 0.5) is 13.2 Å². The predicted molar refractivity (Wildman–Crippen MR) is 80.4 cm³/mol. The number of nitrogens with one attached hydrogen (secondary N) is 1. The van der Waals surface area contributed by atoms with Gasteiger partial charge in [-0.2, -0.15) is 13.2 Å². The molecule has 0 radical (unpaired) electrons. The van der Waals surface area contributed by atoms with Gasteiger partial charge in [-0.1, -0.05) is 6.92 Å². The van der Waals surface area contributed by atoms with E-state index in [0.29, 0.717) is 25.3 Å². The van der Waals surface area contributed by atoms with Gasteiger partial charge in [0.2, 0.25) is 0 Å². The molecule has 124 valence electrons. The molecule has 0 aromatic carbocycles. The Morgan fingerprint density at radius 1 is 1.24 bits per heavy atom. The molecule has 2 heterocycles. The van der Waals surface area contributed by atoms with E-state index in [1.807, 2.05) is 11.8 Å². The van der Waals surface area contributed by atoms with Gasteiger partial charge < -0.3 is 9.73 Å². The van der Waals surface area contributed by atoms with Crippen LogP contribution in [0.15, 0.2) is 16.5 Å². The number of hydrogen-bond donors (Lipinski definition) is 1. The van der Waals surface area contributed by atoms with E-state index >= 15 is 0 Å². The molecule has 0 saturated carbocycles. The summed E-state index contributed by atoms with van der Waals surface area (Å²) in [6, 6.07) is 2.74. The molecule has 8 heteroatoms. The zero-order valence-electron chi connectivity index (χ0n) is 11.8. The summed E-state index contributed by atoms with van der Waals surface area (Å²) in [4.78, 5) is 1.85. The summed E-state index contributed by atoms with van der Waals surface area (Å²) >= 11 is 0. The van der Waals surface area contributed by atoms with Crippen molar-refractivity contribution in [3.8, 4) is 0 Å². The summed E-state index contributed by atoms with van der Waals surface area (Å²) in [5, 5.41) is 3.15. The Morgan fingerprint density at radius 3 is 2.33 bits per heavy atom. The quantitative estimate of drug-likeness (QED) is 0.901. The van der Waals surface area contributed by atoms with Crippen LogP contribution in [0, 0.1) is 0 Å². The molecule has 0 aliphatic carbocycles. The van der Waals surface area contributed by atoms with Crippen LogP contribution in [0.25, 0.3) is 0 Å². The van der Waals surface area contributed by atoms with Crippen LogP contribution in [0.5, 0.6) is 0 Å². The summed E-state index contributed by atoms with van der Waals surface area (Å²) in [7, 11) is 0. The monoisotopic (exact) mass is 348 g/mol. The first-order valence-corrected chi connectivity index (χ1v) is 6.59. The number of furan rings is 1. The third-order valence-electron chi connectivity index (χ3n) is 3.38. The van der Waals surface area contributed by atoms with Gasteiger partial charge in [-0.3, -0.25) is 4.90 Å². The predicted octanol–water partition coefficient (Wildman–Crippen LogP) is 3.58. The van der Waals surface area contributed by atoms with Crippen molar-refractivity contribution in [2.24, 2.45) is 0 Å². The summed E-state index contributed by atoms with van der Waals surface area (Å²) in [6.45, 7) is 4.59. The summed E-state index contributed by atoms with van der Waals surface area (Å²) in [6.07, 6.45) is -4.35. The normalized spacial score (nSPS) is 17.7. The lowest BCUT2D eigenvalue weighted by Gasteiger charge is -2.34. The third kappa shape index (κ3) is 6.06. The van der Waals surface area contributed by atoms with Crippen LogP contribution in [0.2, 0.25) is 0 Å². The van der Waals surface area contributed by atoms with Crippen LogP contribution < -0.4 is 5.32 Å². The zero-order valence-corrected chi connectivity index (χ0v) is 13.4. The van der Waals surface area contributed by atoms with Crippen molar-refractivity contribution >= 4 is 24.8 Å². The Bertz CT molecular complexity index is 406. The average Bonchev–Trinajstić information content (AvgIpc) is 2.84. The summed E-state index contributed by atoms with van der Waals surface area (Å²) in [5.74, 6) is 1.16. The van der Waals surface area contributed by atoms with Gasteiger partial charge in [0.15, 0.2) is 0 Å². The van der Waals surface area contributed by atoms with Gasteiger partial charge in [-0.15, -0.1) is 24.8 Å². The second-order valence-electron chi connectivity index (χ2n) is 4.78. The average molecular weight is 349 g/mol. The molecular weight excluding hydrogens is 328 g/mol. The zero-order chi connectivity index (χ0) is 13.9. The second kappa shape index (κ2) is 8.88. The van der Waals surface area contributed by atoms with Crippen molar-refractivity contribution < 1.29 is 17.6 Å². The van der Waals surface area contributed by atoms with E-state index in [-0.39, 0.29) is 24.8 Å². The van der Waals surface area contributed by atoms with Crippen molar-refractivity contribution in [3.05, 3.63) is 23.7 Å². The Labute approximate surface area is 135 Å². The van der Waals surface area contributed by atoms with Crippen molar-refractivity contribution in [1.82, 2.24) is 10.2 Å². The fourth-order valence-electron chi connectivity index (χ4n) is 2.39. The molecular formula is C13H21Cl2F3N2O. The number of piperazine rings is 1. The Balaban J connectivity index is 0.00000200. The first-order valence-electron chi connectivity index (χ1n) is 6.59. The van der Waals surface area contributed by atoms with E-state index in [1.165, 1.54) is 0 Å². The highest BCUT2D eigenvalue weighted by Gasteiger charge is 2.37. The minimum absolute atomic E-state index is 0. The van der Waals surface area contributed by atoms with Crippen molar-refractivity contribution in [3.63, 3.8) is 0 Å². The second-order valence-corrected chi connectivity index (χ2v) is 4.78. The van der Waals surface area contributed by atoms with Crippen LogP contribution >= 0.6 is 24.8 Å².